The highest BCUT2D eigenvalue weighted by atomic mass is 32.1. The van der Waals surface area contributed by atoms with Crippen LogP contribution >= 0.6 is 11.3 Å². The van der Waals surface area contributed by atoms with E-state index in [-0.39, 0.29) is 18.0 Å². The first-order valence-corrected chi connectivity index (χ1v) is 8.33. The Hall–Kier alpha value is -2.47. The molecule has 1 unspecified atom stereocenters. The van der Waals surface area contributed by atoms with Crippen molar-refractivity contribution >= 4 is 17.2 Å². The van der Waals surface area contributed by atoms with Crippen LogP contribution in [0.15, 0.2) is 54.2 Å². The molecule has 0 saturated heterocycles. The molecule has 0 aliphatic carbocycles. The van der Waals surface area contributed by atoms with Gasteiger partial charge in [-0.05, 0) is 25.5 Å². The molecule has 1 aromatic carbocycles. The molecule has 0 aliphatic heterocycles. The normalized spacial score (nSPS) is 12.3. The predicted molar refractivity (Wildman–Crippen MR) is 90.5 cm³/mol. The van der Waals surface area contributed by atoms with E-state index in [1.807, 2.05) is 55.8 Å². The molecular formula is C17H18N4OS. The van der Waals surface area contributed by atoms with Crippen molar-refractivity contribution in [1.82, 2.24) is 20.1 Å². The molecule has 0 spiro atoms. The molecule has 1 atom stereocenters. The number of benzene rings is 1. The highest BCUT2D eigenvalue weighted by Gasteiger charge is 2.21. The summed E-state index contributed by atoms with van der Waals surface area (Å²) in [4.78, 5) is 16.9. The van der Waals surface area contributed by atoms with Crippen LogP contribution in [0.3, 0.4) is 0 Å². The van der Waals surface area contributed by atoms with E-state index in [2.05, 4.69) is 15.4 Å². The number of carbonyl (C=O) groups is 1. The summed E-state index contributed by atoms with van der Waals surface area (Å²) in [7, 11) is 0. The first-order valence-electron chi connectivity index (χ1n) is 7.45. The summed E-state index contributed by atoms with van der Waals surface area (Å²) in [6, 6.07) is 11.5. The Kier molecular flexibility index (Phi) is 4.52. The Morgan fingerprint density at radius 2 is 2.00 bits per heavy atom. The van der Waals surface area contributed by atoms with Gasteiger partial charge in [0.05, 0.1) is 0 Å². The molecule has 6 heteroatoms. The third kappa shape index (κ3) is 3.48. The van der Waals surface area contributed by atoms with Gasteiger partial charge in [0.25, 0.3) is 5.91 Å². The van der Waals surface area contributed by atoms with Gasteiger partial charge in [-0.1, -0.05) is 30.3 Å². The fourth-order valence-electron chi connectivity index (χ4n) is 2.26. The van der Waals surface area contributed by atoms with Crippen LogP contribution in [0.4, 0.5) is 0 Å². The van der Waals surface area contributed by atoms with E-state index in [4.69, 9.17) is 0 Å². The monoisotopic (exact) mass is 326 g/mol. The molecule has 2 aromatic heterocycles. The van der Waals surface area contributed by atoms with Crippen molar-refractivity contribution in [3.63, 3.8) is 0 Å². The first kappa shape index (κ1) is 15.4. The van der Waals surface area contributed by atoms with E-state index in [0.717, 1.165) is 10.6 Å². The molecule has 2 heterocycles. The fraction of sp³-hybridized carbons (Fsp3) is 0.235. The van der Waals surface area contributed by atoms with Crippen LogP contribution in [-0.4, -0.2) is 20.7 Å². The van der Waals surface area contributed by atoms with Gasteiger partial charge in [0.2, 0.25) is 0 Å². The standard InChI is InChI=1S/C17H18N4OS/c1-12(2)21-10-8-14(20-21)16(22)19-15(17-18-9-11-23-17)13-6-4-3-5-7-13/h3-12,15H,1-2H3,(H,19,22). The lowest BCUT2D eigenvalue weighted by Crippen LogP contribution is -2.29. The van der Waals surface area contributed by atoms with Gasteiger partial charge in [-0.2, -0.15) is 5.10 Å². The fourth-order valence-corrected chi connectivity index (χ4v) is 2.98. The first-order chi connectivity index (χ1) is 11.1. The Balaban J connectivity index is 1.85. The summed E-state index contributed by atoms with van der Waals surface area (Å²) in [5, 5.41) is 10.1. The largest absolute Gasteiger partial charge is 0.337 e. The average molecular weight is 326 g/mol. The van der Waals surface area contributed by atoms with Gasteiger partial charge in [-0.15, -0.1) is 11.3 Å². The molecule has 23 heavy (non-hydrogen) atoms. The summed E-state index contributed by atoms with van der Waals surface area (Å²) in [5.74, 6) is -0.201. The van der Waals surface area contributed by atoms with Gasteiger partial charge in [-0.3, -0.25) is 9.48 Å². The van der Waals surface area contributed by atoms with Crippen LogP contribution < -0.4 is 5.32 Å². The van der Waals surface area contributed by atoms with E-state index < -0.39 is 0 Å². The number of nitrogens with one attached hydrogen (secondary N) is 1. The number of hydrogen-bond acceptors (Lipinski definition) is 4. The zero-order valence-electron chi connectivity index (χ0n) is 13.0. The number of amides is 1. The van der Waals surface area contributed by atoms with Gasteiger partial charge in [0.1, 0.15) is 16.7 Å². The molecule has 0 bridgehead atoms. The van der Waals surface area contributed by atoms with E-state index >= 15 is 0 Å². The summed E-state index contributed by atoms with van der Waals surface area (Å²) in [6.07, 6.45) is 3.57. The number of hydrogen-bond donors (Lipinski definition) is 1. The lowest BCUT2D eigenvalue weighted by molar-refractivity contribution is 0.0937. The van der Waals surface area contributed by atoms with E-state index in [1.54, 1.807) is 16.9 Å². The van der Waals surface area contributed by atoms with E-state index in [1.165, 1.54) is 11.3 Å². The van der Waals surface area contributed by atoms with Gasteiger partial charge in [0.15, 0.2) is 0 Å². The van der Waals surface area contributed by atoms with Crippen molar-refractivity contribution in [2.24, 2.45) is 0 Å². The number of thiazole rings is 1. The van der Waals surface area contributed by atoms with Crippen molar-refractivity contribution in [2.75, 3.05) is 0 Å². The third-order valence-electron chi connectivity index (χ3n) is 3.48. The maximum Gasteiger partial charge on any atom is 0.272 e. The maximum atomic E-state index is 12.5. The van der Waals surface area contributed by atoms with Gasteiger partial charge >= 0.3 is 0 Å². The second-order valence-corrected chi connectivity index (χ2v) is 6.39. The van der Waals surface area contributed by atoms with Crippen LogP contribution in [-0.2, 0) is 0 Å². The second kappa shape index (κ2) is 6.75. The van der Waals surface area contributed by atoms with E-state index in [0.29, 0.717) is 5.69 Å². The lowest BCUT2D eigenvalue weighted by Gasteiger charge is -2.16. The van der Waals surface area contributed by atoms with Gasteiger partial charge < -0.3 is 5.32 Å². The summed E-state index contributed by atoms with van der Waals surface area (Å²) < 4.78 is 1.77. The number of nitrogens with zero attached hydrogens (tertiary/aromatic N) is 3. The van der Waals surface area contributed by atoms with Crippen LogP contribution in [0.2, 0.25) is 0 Å². The van der Waals surface area contributed by atoms with Gasteiger partial charge in [0, 0.05) is 23.8 Å². The molecule has 118 valence electrons. The Bertz CT molecular complexity index is 765. The molecule has 5 nitrogen and oxygen atoms in total. The van der Waals surface area contributed by atoms with E-state index in [9.17, 15) is 4.79 Å². The van der Waals surface area contributed by atoms with Crippen LogP contribution in [0.1, 0.15) is 47.0 Å². The molecule has 1 N–H and O–H groups in total. The minimum absolute atomic E-state index is 0.201. The number of aromatic nitrogens is 3. The molecule has 3 aromatic rings. The van der Waals surface area contributed by atoms with Crippen molar-refractivity contribution < 1.29 is 4.79 Å². The van der Waals surface area contributed by atoms with Crippen molar-refractivity contribution in [2.45, 2.75) is 25.9 Å². The maximum absolute atomic E-state index is 12.5. The quantitative estimate of drug-likeness (QED) is 0.781. The third-order valence-corrected chi connectivity index (χ3v) is 4.32. The van der Waals surface area contributed by atoms with Crippen molar-refractivity contribution in [3.05, 3.63) is 70.4 Å². The number of carbonyl (C=O) groups excluding carboxylic acids is 1. The SMILES string of the molecule is CC(C)n1ccc(C(=O)NC(c2ccccc2)c2nccs2)n1. The Morgan fingerprint density at radius 1 is 1.22 bits per heavy atom. The molecule has 0 radical (unpaired) electrons. The zero-order valence-corrected chi connectivity index (χ0v) is 13.8. The molecular weight excluding hydrogens is 308 g/mol. The molecule has 1 amide bonds. The van der Waals surface area contributed by atoms with Gasteiger partial charge in [-0.25, -0.2) is 4.98 Å². The summed E-state index contributed by atoms with van der Waals surface area (Å²) in [6.45, 7) is 4.05. The molecule has 0 saturated carbocycles. The molecule has 0 fully saturated rings. The van der Waals surface area contributed by atoms with Crippen LogP contribution in [0.5, 0.6) is 0 Å². The zero-order chi connectivity index (χ0) is 16.2. The molecule has 3 rings (SSSR count). The van der Waals surface area contributed by atoms with Crippen LogP contribution in [0, 0.1) is 0 Å². The summed E-state index contributed by atoms with van der Waals surface area (Å²) >= 11 is 1.52. The Morgan fingerprint density at radius 3 is 2.61 bits per heavy atom. The lowest BCUT2D eigenvalue weighted by atomic mass is 10.1. The average Bonchev–Trinajstić information content (AvgIpc) is 3.24. The van der Waals surface area contributed by atoms with Crippen molar-refractivity contribution in [3.8, 4) is 0 Å². The summed E-state index contributed by atoms with van der Waals surface area (Å²) in [5.41, 5.74) is 1.41. The number of rotatable bonds is 5. The second-order valence-electron chi connectivity index (χ2n) is 5.46. The minimum atomic E-state index is -0.270. The predicted octanol–water partition coefficient (Wildman–Crippen LogP) is 3.44. The molecule has 0 aliphatic rings. The highest BCUT2D eigenvalue weighted by molar-refractivity contribution is 7.09. The highest BCUT2D eigenvalue weighted by Crippen LogP contribution is 2.24. The minimum Gasteiger partial charge on any atom is -0.337 e. The topological polar surface area (TPSA) is 59.8 Å². The van der Waals surface area contributed by atoms with Crippen molar-refractivity contribution in [1.29, 1.82) is 0 Å². The Labute approximate surface area is 139 Å². The van der Waals surface area contributed by atoms with Crippen LogP contribution in [0.25, 0.3) is 0 Å². The smallest absolute Gasteiger partial charge is 0.272 e.